The minimum absolute atomic E-state index is 0.523. The summed E-state index contributed by atoms with van der Waals surface area (Å²) in [5.74, 6) is 7.58. The second-order valence-corrected chi connectivity index (χ2v) is 4.36. The molecule has 0 aliphatic heterocycles. The number of aliphatic imine (C=N–C) groups is 1. The van der Waals surface area contributed by atoms with Crippen molar-refractivity contribution < 1.29 is 0 Å². The maximum Gasteiger partial charge on any atom is 0.205 e. The van der Waals surface area contributed by atoms with Crippen molar-refractivity contribution in [3.8, 4) is 0 Å². The van der Waals surface area contributed by atoms with Gasteiger partial charge in [0.1, 0.15) is 5.82 Å². The van der Waals surface area contributed by atoms with Crippen molar-refractivity contribution in [3.63, 3.8) is 0 Å². The van der Waals surface area contributed by atoms with Gasteiger partial charge in [-0.15, -0.1) is 0 Å². The lowest BCUT2D eigenvalue weighted by Crippen LogP contribution is -2.42. The molecule has 0 amide bonds. The molecule has 6 heteroatoms. The van der Waals surface area contributed by atoms with Crippen molar-refractivity contribution in [2.45, 2.75) is 20.3 Å². The van der Waals surface area contributed by atoms with E-state index in [2.05, 4.69) is 34.6 Å². The molecule has 1 aromatic rings. The van der Waals surface area contributed by atoms with Gasteiger partial charge in [0.05, 0.1) is 0 Å². The van der Waals surface area contributed by atoms with Gasteiger partial charge >= 0.3 is 0 Å². The summed E-state index contributed by atoms with van der Waals surface area (Å²) >= 11 is 0. The highest BCUT2D eigenvalue weighted by Gasteiger charge is 2.00. The Morgan fingerprint density at radius 3 is 2.88 bits per heavy atom. The third-order valence-electron chi connectivity index (χ3n) is 2.31. The first-order valence-electron chi connectivity index (χ1n) is 5.84. The topological polar surface area (TPSA) is 80.3 Å². The molecule has 1 heterocycles. The number of rotatable bonds is 5. The Bertz CT molecular complexity index is 355. The molecule has 0 aromatic carbocycles. The van der Waals surface area contributed by atoms with Crippen LogP contribution in [0, 0.1) is 5.92 Å². The van der Waals surface area contributed by atoms with Crippen LogP contribution in [0.5, 0.6) is 0 Å². The van der Waals surface area contributed by atoms with Crippen LogP contribution in [-0.4, -0.2) is 28.6 Å². The highest BCUT2D eigenvalue weighted by Crippen LogP contribution is 1.94. The zero-order valence-corrected chi connectivity index (χ0v) is 10.8. The fraction of sp³-hybridized carbons (Fsp3) is 0.636. The van der Waals surface area contributed by atoms with E-state index in [1.54, 1.807) is 6.20 Å². The number of aromatic nitrogens is 2. The Morgan fingerprint density at radius 2 is 2.35 bits per heavy atom. The van der Waals surface area contributed by atoms with E-state index in [9.17, 15) is 0 Å². The van der Waals surface area contributed by atoms with E-state index < -0.39 is 0 Å². The monoisotopic (exact) mass is 238 g/mol. The molecule has 1 rings (SSSR count). The smallest absolute Gasteiger partial charge is 0.205 e. The number of nitrogens with two attached hydrogens (primary N) is 1. The van der Waals surface area contributed by atoms with Crippen LogP contribution in [0.1, 0.15) is 19.7 Å². The molecule has 0 bridgehead atoms. The van der Waals surface area contributed by atoms with Crippen molar-refractivity contribution in [1.29, 1.82) is 0 Å². The number of hydrogen-bond acceptors (Lipinski definition) is 3. The van der Waals surface area contributed by atoms with Crippen LogP contribution in [0.25, 0.3) is 0 Å². The summed E-state index contributed by atoms with van der Waals surface area (Å²) in [6.45, 7) is 5.75. The largest absolute Gasteiger partial charge is 0.355 e. The number of nitrogens with zero attached hydrogens (tertiary/aromatic N) is 3. The molecule has 0 aliphatic carbocycles. The van der Waals surface area contributed by atoms with E-state index in [-0.39, 0.29) is 0 Å². The van der Waals surface area contributed by atoms with Crippen molar-refractivity contribution in [3.05, 3.63) is 18.2 Å². The fourth-order valence-corrected chi connectivity index (χ4v) is 1.36. The summed E-state index contributed by atoms with van der Waals surface area (Å²) in [5.41, 5.74) is 2.56. The van der Waals surface area contributed by atoms with Gasteiger partial charge in [-0.05, 0) is 5.92 Å². The van der Waals surface area contributed by atoms with E-state index >= 15 is 0 Å². The lowest BCUT2D eigenvalue weighted by atomic mass is 10.2. The van der Waals surface area contributed by atoms with E-state index in [1.165, 1.54) is 0 Å². The molecule has 4 N–H and O–H groups in total. The number of imidazole rings is 1. The first kappa shape index (κ1) is 13.5. The van der Waals surface area contributed by atoms with Crippen LogP contribution in [0.15, 0.2) is 17.4 Å². The molecule has 6 nitrogen and oxygen atoms in total. The Hall–Kier alpha value is -1.56. The number of hydrazine groups is 1. The van der Waals surface area contributed by atoms with E-state index in [0.717, 1.165) is 25.3 Å². The molecule has 0 fully saturated rings. The first-order valence-corrected chi connectivity index (χ1v) is 5.84. The number of aryl methyl sites for hydroxylation is 1. The zero-order chi connectivity index (χ0) is 12.7. The third-order valence-corrected chi connectivity index (χ3v) is 2.31. The van der Waals surface area contributed by atoms with Gasteiger partial charge in [0.15, 0.2) is 0 Å². The molecule has 0 spiro atoms. The standard InChI is InChI=1S/C11H22N6/c1-9(2)8-15-11(16-12)14-5-4-10-13-6-7-17(10)3/h6-7,9H,4-5,8,12H2,1-3H3,(H2,14,15,16). The van der Waals surface area contributed by atoms with Crippen LogP contribution < -0.4 is 16.6 Å². The van der Waals surface area contributed by atoms with Gasteiger partial charge in [-0.2, -0.15) is 0 Å². The lowest BCUT2D eigenvalue weighted by Gasteiger charge is -2.09. The molecule has 1 aromatic heterocycles. The Kier molecular flexibility index (Phi) is 5.48. The van der Waals surface area contributed by atoms with Crippen molar-refractivity contribution in [1.82, 2.24) is 20.3 Å². The summed E-state index contributed by atoms with van der Waals surface area (Å²) < 4.78 is 2.00. The van der Waals surface area contributed by atoms with E-state index in [4.69, 9.17) is 5.84 Å². The lowest BCUT2D eigenvalue weighted by molar-refractivity contribution is 0.655. The minimum Gasteiger partial charge on any atom is -0.355 e. The third kappa shape index (κ3) is 4.86. The maximum absolute atomic E-state index is 5.38. The SMILES string of the molecule is CC(C)CN=C(NN)NCCc1nccn1C. The van der Waals surface area contributed by atoms with Gasteiger partial charge in [-0.25, -0.2) is 10.8 Å². The molecular formula is C11H22N6. The molecular weight excluding hydrogens is 216 g/mol. The molecule has 0 aliphatic rings. The summed E-state index contributed by atoms with van der Waals surface area (Å²) in [7, 11) is 1.98. The van der Waals surface area contributed by atoms with Gasteiger partial charge < -0.3 is 9.88 Å². The average molecular weight is 238 g/mol. The molecule has 0 atom stereocenters. The predicted octanol–water partition coefficient (Wildman–Crippen LogP) is 0.0275. The highest BCUT2D eigenvalue weighted by atomic mass is 15.3. The van der Waals surface area contributed by atoms with E-state index in [0.29, 0.717) is 11.9 Å². The number of guanidine groups is 1. The second kappa shape index (κ2) is 6.90. The molecule has 0 radical (unpaired) electrons. The van der Waals surface area contributed by atoms with Crippen LogP contribution >= 0.6 is 0 Å². The van der Waals surface area contributed by atoms with Gasteiger partial charge in [0.25, 0.3) is 0 Å². The van der Waals surface area contributed by atoms with Crippen LogP contribution in [-0.2, 0) is 13.5 Å². The summed E-state index contributed by atoms with van der Waals surface area (Å²) in [4.78, 5) is 8.57. The number of hydrogen-bond donors (Lipinski definition) is 3. The number of nitrogens with one attached hydrogen (secondary N) is 2. The zero-order valence-electron chi connectivity index (χ0n) is 10.8. The Labute approximate surface area is 102 Å². The van der Waals surface area contributed by atoms with Crippen molar-refractivity contribution >= 4 is 5.96 Å². The van der Waals surface area contributed by atoms with Gasteiger partial charge in [0, 0.05) is 39.0 Å². The van der Waals surface area contributed by atoms with E-state index in [1.807, 2.05) is 17.8 Å². The van der Waals surface area contributed by atoms with Crippen LogP contribution in [0.3, 0.4) is 0 Å². The first-order chi connectivity index (χ1) is 8.13. The minimum atomic E-state index is 0.523. The van der Waals surface area contributed by atoms with Gasteiger partial charge in [0.2, 0.25) is 5.96 Å². The van der Waals surface area contributed by atoms with Crippen molar-refractivity contribution in [2.24, 2.45) is 23.8 Å². The molecule has 0 saturated heterocycles. The quantitative estimate of drug-likeness (QED) is 0.292. The molecule has 0 unspecified atom stereocenters. The average Bonchev–Trinajstić information content (AvgIpc) is 2.69. The summed E-state index contributed by atoms with van der Waals surface area (Å²) in [6, 6.07) is 0. The fourth-order valence-electron chi connectivity index (χ4n) is 1.36. The summed E-state index contributed by atoms with van der Waals surface area (Å²) in [5, 5.41) is 3.15. The predicted molar refractivity (Wildman–Crippen MR) is 69.4 cm³/mol. The maximum atomic E-state index is 5.38. The molecule has 17 heavy (non-hydrogen) atoms. The van der Waals surface area contributed by atoms with Crippen molar-refractivity contribution in [2.75, 3.05) is 13.1 Å². The second-order valence-electron chi connectivity index (χ2n) is 4.36. The molecule has 96 valence electrons. The Balaban J connectivity index is 2.33. The van der Waals surface area contributed by atoms with Gasteiger partial charge in [-0.1, -0.05) is 13.8 Å². The molecule has 0 saturated carbocycles. The highest BCUT2D eigenvalue weighted by molar-refractivity contribution is 5.79. The van der Waals surface area contributed by atoms with Gasteiger partial charge in [-0.3, -0.25) is 10.4 Å². The van der Waals surface area contributed by atoms with Crippen LogP contribution in [0.2, 0.25) is 0 Å². The van der Waals surface area contributed by atoms with Crippen LogP contribution in [0.4, 0.5) is 0 Å². The normalized spacial score (nSPS) is 11.9. The summed E-state index contributed by atoms with van der Waals surface area (Å²) in [6.07, 6.45) is 4.57. The Morgan fingerprint density at radius 1 is 1.59 bits per heavy atom.